The number of piperidine rings is 1. The van der Waals surface area contributed by atoms with Gasteiger partial charge in [0.15, 0.2) is 18.1 Å². The normalized spacial score (nSPS) is 40.4. The molecular weight excluding hydrogens is 838 g/mol. The Bertz CT molecular complexity index is 1760. The van der Waals surface area contributed by atoms with Gasteiger partial charge in [0.05, 0.1) is 24.4 Å². The zero-order valence-corrected chi connectivity index (χ0v) is 40.5. The van der Waals surface area contributed by atoms with Crippen molar-refractivity contribution < 1.29 is 62.3 Å². The maximum atomic E-state index is 16.2. The van der Waals surface area contributed by atoms with E-state index in [1.54, 1.807) is 35.0 Å². The Kier molecular flexibility index (Phi) is 20.9. The molecule has 2 N–H and O–H groups in total. The summed E-state index contributed by atoms with van der Waals surface area (Å²) in [4.78, 5) is 71.6. The maximum Gasteiger partial charge on any atom is 0.329 e. The number of fused-ring (bicyclic) bond motifs is 3. The first-order valence-corrected chi connectivity index (χ1v) is 23.9. The van der Waals surface area contributed by atoms with Gasteiger partial charge in [-0.25, -0.2) is 9.18 Å². The van der Waals surface area contributed by atoms with Gasteiger partial charge in [0.2, 0.25) is 5.79 Å². The summed E-state index contributed by atoms with van der Waals surface area (Å²) in [5, 5.41) is 22.4. The minimum atomic E-state index is -2.44. The second-order valence-electron chi connectivity index (χ2n) is 19.5. The lowest BCUT2D eigenvalue weighted by atomic mass is 9.78. The highest BCUT2D eigenvalue weighted by molar-refractivity contribution is 6.39. The van der Waals surface area contributed by atoms with Crippen LogP contribution >= 0.6 is 0 Å². The van der Waals surface area contributed by atoms with Crippen LogP contribution in [-0.2, 0) is 47.7 Å². The third-order valence-electron chi connectivity index (χ3n) is 14.4. The van der Waals surface area contributed by atoms with E-state index in [2.05, 4.69) is 0 Å². The van der Waals surface area contributed by atoms with Gasteiger partial charge in [-0.1, -0.05) is 71.1 Å². The van der Waals surface area contributed by atoms with Crippen LogP contribution in [0.2, 0.25) is 0 Å². The van der Waals surface area contributed by atoms with Crippen LogP contribution in [0, 0.1) is 35.5 Å². The first-order chi connectivity index (χ1) is 30.7. The van der Waals surface area contributed by atoms with Gasteiger partial charge >= 0.3 is 5.97 Å². The standard InChI is InChI=1S/C51H78FNO12/c1-30-16-12-11-13-17-31(2)42(61-8)28-38-21-19-36(7)51(60,65-38)48(57)49(58)53-23-15-14-18-39(53)50(59)64-43(33(4)26-37-20-22-40(54)44(27-37)62-9)29-41(55)32(3)25-34(5)45(52)47(63-10)46(56)35(6)24-30/h11-13,16-17,25,30,32-33,35-40,42-45,47,54,60H,14-15,18-24,26-29H2,1-10H3/b13-11+,16-12+,31-17+,34-25+/t30-,32-,33-,35-,36-,37?,38+,39+,40+,42+,43?,44-,45?,47-,51-/m1/s1. The molecule has 0 spiro atoms. The Balaban J connectivity index is 1.70. The summed E-state index contributed by atoms with van der Waals surface area (Å²) in [6.45, 7) is 12.4. The molecular formula is C51H78FNO12. The highest BCUT2D eigenvalue weighted by atomic mass is 19.1. The number of Topliss-reactive ketones (excluding diaryl/α,β-unsaturated/α-hetero) is 3. The van der Waals surface area contributed by atoms with E-state index in [0.717, 1.165) is 5.57 Å². The second-order valence-corrected chi connectivity index (χ2v) is 19.5. The number of nitrogens with zero attached hydrogens (tertiary/aromatic N) is 1. The molecule has 3 aliphatic heterocycles. The zero-order valence-electron chi connectivity index (χ0n) is 40.5. The van der Waals surface area contributed by atoms with E-state index < -0.39 is 83.9 Å². The van der Waals surface area contributed by atoms with Crippen LogP contribution < -0.4 is 0 Å². The molecule has 4 aliphatic rings. The molecule has 3 unspecified atom stereocenters. The molecule has 14 heteroatoms. The van der Waals surface area contributed by atoms with Gasteiger partial charge in [-0.2, -0.15) is 0 Å². The number of ether oxygens (including phenoxy) is 5. The van der Waals surface area contributed by atoms with Crippen molar-refractivity contribution in [1.29, 1.82) is 0 Å². The minimum absolute atomic E-state index is 0.0215. The molecule has 2 saturated heterocycles. The summed E-state index contributed by atoms with van der Waals surface area (Å²) in [6, 6.07) is -1.16. The molecule has 13 nitrogen and oxygen atoms in total. The second kappa shape index (κ2) is 25.1. The molecule has 0 aromatic carbocycles. The molecule has 1 saturated carbocycles. The number of amides is 1. The Hall–Kier alpha value is -3.40. The van der Waals surface area contributed by atoms with Crippen molar-refractivity contribution in [3.05, 3.63) is 47.6 Å². The molecule has 2 bridgehead atoms. The third-order valence-corrected chi connectivity index (χ3v) is 14.4. The van der Waals surface area contributed by atoms with Crippen LogP contribution in [0.1, 0.15) is 126 Å². The number of hydrogen-bond donors (Lipinski definition) is 2. The van der Waals surface area contributed by atoms with Gasteiger partial charge in [-0.3, -0.25) is 19.2 Å². The maximum absolute atomic E-state index is 16.2. The number of rotatable bonds is 6. The van der Waals surface area contributed by atoms with Crippen LogP contribution in [0.5, 0.6) is 0 Å². The van der Waals surface area contributed by atoms with E-state index in [1.165, 1.54) is 25.0 Å². The first kappa shape index (κ1) is 54.2. The van der Waals surface area contributed by atoms with Gasteiger partial charge in [0, 0.05) is 58.5 Å². The van der Waals surface area contributed by atoms with Crippen molar-refractivity contribution in [2.75, 3.05) is 27.9 Å². The van der Waals surface area contributed by atoms with Crippen molar-refractivity contribution in [2.45, 2.75) is 180 Å². The molecule has 1 aliphatic carbocycles. The van der Waals surface area contributed by atoms with Crippen LogP contribution in [0.15, 0.2) is 47.6 Å². The largest absolute Gasteiger partial charge is 0.460 e. The molecule has 0 radical (unpaired) electrons. The predicted molar refractivity (Wildman–Crippen MR) is 244 cm³/mol. The zero-order chi connectivity index (χ0) is 48.2. The van der Waals surface area contributed by atoms with Crippen LogP contribution in [0.3, 0.4) is 0 Å². The molecule has 65 heavy (non-hydrogen) atoms. The SMILES string of the molecule is CO[C@H]1C[C@@H]2CC[C@@H](C)[C@@](O)(O2)C(=O)C(=O)N2CCCC[C@H]2C(=O)OC([C@H](C)CC2CC[C@H](O)[C@H](OC)C2)CC(=O)[C@H](C)/C=C(\C)C(F)[C@@H](OC)C(=O)[C@H](C)C[C@H](C)/C=C/C=C/C=C/1C. The highest BCUT2D eigenvalue weighted by Gasteiger charge is 2.53. The summed E-state index contributed by atoms with van der Waals surface area (Å²) >= 11 is 0. The van der Waals surface area contributed by atoms with Gasteiger partial charge in [-0.15, -0.1) is 0 Å². The van der Waals surface area contributed by atoms with E-state index in [4.69, 9.17) is 23.7 Å². The van der Waals surface area contributed by atoms with Gasteiger partial charge < -0.3 is 38.8 Å². The minimum Gasteiger partial charge on any atom is -0.460 e. The lowest BCUT2D eigenvalue weighted by Gasteiger charge is -2.42. The molecule has 366 valence electrons. The smallest absolute Gasteiger partial charge is 0.329 e. The topological polar surface area (TPSA) is 175 Å². The number of esters is 1. The average Bonchev–Trinajstić information content (AvgIpc) is 3.28. The fraction of sp³-hybridized carbons (Fsp3) is 0.745. The summed E-state index contributed by atoms with van der Waals surface area (Å²) in [5.41, 5.74) is 1.03. The molecule has 4 rings (SSSR count). The Morgan fingerprint density at radius 1 is 0.877 bits per heavy atom. The number of halogens is 1. The predicted octanol–water partition coefficient (Wildman–Crippen LogP) is 7.16. The number of cyclic esters (lactones) is 1. The summed E-state index contributed by atoms with van der Waals surface area (Å²) in [5.74, 6) is -8.44. The Morgan fingerprint density at radius 3 is 2.28 bits per heavy atom. The molecule has 3 heterocycles. The Labute approximate surface area is 386 Å². The van der Waals surface area contributed by atoms with Gasteiger partial charge in [-0.05, 0) is 107 Å². The highest BCUT2D eigenvalue weighted by Crippen LogP contribution is 2.38. The van der Waals surface area contributed by atoms with E-state index in [-0.39, 0.29) is 60.4 Å². The number of hydrogen-bond acceptors (Lipinski definition) is 12. The molecule has 15 atom stereocenters. The van der Waals surface area contributed by atoms with E-state index in [9.17, 15) is 34.2 Å². The summed E-state index contributed by atoms with van der Waals surface area (Å²) in [7, 11) is 4.42. The monoisotopic (exact) mass is 916 g/mol. The van der Waals surface area contributed by atoms with E-state index in [0.29, 0.717) is 64.2 Å². The van der Waals surface area contributed by atoms with E-state index >= 15 is 4.39 Å². The number of ketones is 3. The molecule has 1 amide bonds. The van der Waals surface area contributed by atoms with Crippen LogP contribution in [-0.4, -0.2) is 127 Å². The molecule has 3 fully saturated rings. The van der Waals surface area contributed by atoms with Crippen molar-refractivity contribution in [2.24, 2.45) is 35.5 Å². The van der Waals surface area contributed by atoms with Crippen LogP contribution in [0.25, 0.3) is 0 Å². The van der Waals surface area contributed by atoms with Gasteiger partial charge in [0.1, 0.15) is 17.9 Å². The number of allylic oxidation sites excluding steroid dienone is 6. The number of alkyl halides is 1. The summed E-state index contributed by atoms with van der Waals surface area (Å²) in [6.07, 6.45) is 9.94. The molecule has 0 aromatic rings. The third kappa shape index (κ3) is 14.3. The fourth-order valence-corrected chi connectivity index (χ4v) is 10.1. The quantitative estimate of drug-likeness (QED) is 0.157. The van der Waals surface area contributed by atoms with Crippen molar-refractivity contribution in [1.82, 2.24) is 4.90 Å². The number of carbonyl (C=O) groups is 5. The van der Waals surface area contributed by atoms with Crippen molar-refractivity contribution >= 4 is 29.2 Å². The van der Waals surface area contributed by atoms with Crippen molar-refractivity contribution in [3.8, 4) is 0 Å². The van der Waals surface area contributed by atoms with Crippen molar-refractivity contribution in [3.63, 3.8) is 0 Å². The Morgan fingerprint density at radius 2 is 1.60 bits per heavy atom. The first-order valence-electron chi connectivity index (χ1n) is 23.9. The van der Waals surface area contributed by atoms with Gasteiger partial charge in [0.25, 0.3) is 11.7 Å². The fourth-order valence-electron chi connectivity index (χ4n) is 10.1. The number of aliphatic hydroxyl groups is 2. The lowest BCUT2D eigenvalue weighted by Crippen LogP contribution is -2.61. The lowest BCUT2D eigenvalue weighted by molar-refractivity contribution is -0.265. The summed E-state index contributed by atoms with van der Waals surface area (Å²) < 4.78 is 45.4. The van der Waals surface area contributed by atoms with Crippen LogP contribution in [0.4, 0.5) is 4.39 Å². The molecule has 0 aromatic heterocycles. The number of carbonyl (C=O) groups excluding carboxylic acids is 5. The van der Waals surface area contributed by atoms with E-state index in [1.807, 2.05) is 51.2 Å². The number of methoxy groups -OCH3 is 3. The number of aliphatic hydroxyl groups excluding tert-OH is 1. The average molecular weight is 916 g/mol.